The van der Waals surface area contributed by atoms with E-state index in [4.69, 9.17) is 10.5 Å². The molecule has 1 atom stereocenters. The molecule has 0 amide bonds. The van der Waals surface area contributed by atoms with Gasteiger partial charge in [0, 0.05) is 24.0 Å². The number of thiazole rings is 1. The second-order valence-corrected chi connectivity index (χ2v) is 6.16. The van der Waals surface area contributed by atoms with Crippen molar-refractivity contribution in [1.29, 1.82) is 0 Å². The summed E-state index contributed by atoms with van der Waals surface area (Å²) in [6.07, 6.45) is 1.06. The van der Waals surface area contributed by atoms with Gasteiger partial charge in [0.15, 0.2) is 0 Å². The smallest absolute Gasteiger partial charge is 0.123 e. The summed E-state index contributed by atoms with van der Waals surface area (Å²) in [5.41, 5.74) is 6.73. The fraction of sp³-hybridized carbons (Fsp3) is 0.769. The van der Waals surface area contributed by atoms with Crippen LogP contribution in [0.5, 0.6) is 0 Å². The molecule has 0 saturated carbocycles. The lowest BCUT2D eigenvalue weighted by atomic mass is 10.2. The molecular formula is C13H23N3OS. The van der Waals surface area contributed by atoms with Gasteiger partial charge in [-0.15, -0.1) is 11.3 Å². The van der Waals surface area contributed by atoms with Gasteiger partial charge >= 0.3 is 0 Å². The zero-order chi connectivity index (χ0) is 13.1. The van der Waals surface area contributed by atoms with E-state index in [9.17, 15) is 0 Å². The first-order valence-electron chi connectivity index (χ1n) is 6.63. The molecule has 1 aromatic heterocycles. The number of morpholine rings is 1. The molecule has 1 unspecified atom stereocenters. The lowest BCUT2D eigenvalue weighted by molar-refractivity contribution is -0.0403. The molecule has 0 radical (unpaired) electrons. The van der Waals surface area contributed by atoms with E-state index in [1.165, 1.54) is 4.88 Å². The Bertz CT molecular complexity index is 392. The highest BCUT2D eigenvalue weighted by Gasteiger charge is 2.26. The van der Waals surface area contributed by atoms with Crippen LogP contribution < -0.4 is 5.73 Å². The van der Waals surface area contributed by atoms with E-state index in [2.05, 4.69) is 30.7 Å². The topological polar surface area (TPSA) is 51.4 Å². The van der Waals surface area contributed by atoms with Crippen molar-refractivity contribution in [1.82, 2.24) is 9.88 Å². The average molecular weight is 269 g/mol. The van der Waals surface area contributed by atoms with E-state index in [1.54, 1.807) is 11.3 Å². The Morgan fingerprint density at radius 2 is 2.33 bits per heavy atom. The van der Waals surface area contributed by atoms with Crippen molar-refractivity contribution in [2.45, 2.75) is 39.3 Å². The van der Waals surface area contributed by atoms with E-state index < -0.39 is 0 Å². The number of hydrogen-bond donors (Lipinski definition) is 1. The summed E-state index contributed by atoms with van der Waals surface area (Å²) in [7, 11) is 0. The molecule has 1 aliphatic rings. The molecule has 2 heterocycles. The molecule has 5 heteroatoms. The van der Waals surface area contributed by atoms with Crippen molar-refractivity contribution in [3.05, 3.63) is 15.6 Å². The van der Waals surface area contributed by atoms with Gasteiger partial charge in [-0.05, 0) is 33.7 Å². The van der Waals surface area contributed by atoms with Crippen LogP contribution in [0.3, 0.4) is 0 Å². The number of nitrogens with zero attached hydrogens (tertiary/aromatic N) is 2. The molecule has 102 valence electrons. The van der Waals surface area contributed by atoms with Gasteiger partial charge in [-0.1, -0.05) is 0 Å². The maximum absolute atomic E-state index is 5.87. The molecule has 2 rings (SSSR count). The first kappa shape index (κ1) is 13.9. The minimum absolute atomic E-state index is 0.136. The molecule has 1 aromatic rings. The summed E-state index contributed by atoms with van der Waals surface area (Å²) < 4.78 is 5.87. The normalized spacial score (nSPS) is 21.7. The van der Waals surface area contributed by atoms with Crippen LogP contribution in [0.4, 0.5) is 0 Å². The van der Waals surface area contributed by atoms with E-state index in [0.717, 1.165) is 36.8 Å². The molecule has 0 spiro atoms. The molecule has 0 bridgehead atoms. The Morgan fingerprint density at radius 1 is 1.56 bits per heavy atom. The third kappa shape index (κ3) is 3.09. The van der Waals surface area contributed by atoms with Crippen LogP contribution in [-0.4, -0.2) is 42.2 Å². The highest BCUT2D eigenvalue weighted by Crippen LogP contribution is 2.29. The summed E-state index contributed by atoms with van der Waals surface area (Å²) in [4.78, 5) is 8.41. The van der Waals surface area contributed by atoms with Crippen molar-refractivity contribution >= 4 is 11.3 Å². The first-order valence-corrected chi connectivity index (χ1v) is 7.45. The van der Waals surface area contributed by atoms with Crippen LogP contribution in [-0.2, 0) is 11.2 Å². The molecule has 1 aliphatic heterocycles. The van der Waals surface area contributed by atoms with E-state index in [-0.39, 0.29) is 6.10 Å². The predicted octanol–water partition coefficient (Wildman–Crippen LogP) is 1.73. The molecule has 4 nitrogen and oxygen atoms in total. The van der Waals surface area contributed by atoms with Crippen LogP contribution in [0.25, 0.3) is 0 Å². The zero-order valence-electron chi connectivity index (χ0n) is 11.5. The summed E-state index contributed by atoms with van der Waals surface area (Å²) in [6, 6.07) is 0.570. The fourth-order valence-corrected chi connectivity index (χ4v) is 3.36. The summed E-state index contributed by atoms with van der Waals surface area (Å²) in [6.45, 7) is 9.99. The Balaban J connectivity index is 2.08. The van der Waals surface area contributed by atoms with Crippen LogP contribution in [0.2, 0.25) is 0 Å². The first-order chi connectivity index (χ1) is 8.61. The lowest BCUT2D eigenvalue weighted by Gasteiger charge is -2.34. The van der Waals surface area contributed by atoms with Crippen molar-refractivity contribution in [2.24, 2.45) is 5.73 Å². The highest BCUT2D eigenvalue weighted by atomic mass is 32.1. The molecule has 0 aromatic carbocycles. The van der Waals surface area contributed by atoms with E-state index in [0.29, 0.717) is 12.6 Å². The number of hydrogen-bond acceptors (Lipinski definition) is 5. The van der Waals surface area contributed by atoms with Gasteiger partial charge in [-0.3, -0.25) is 4.90 Å². The molecule has 2 N–H and O–H groups in total. The quantitative estimate of drug-likeness (QED) is 0.904. The lowest BCUT2D eigenvalue weighted by Crippen LogP contribution is -2.42. The standard InChI is InChI=1S/C13H23N3OS/c1-9(2)16-6-7-17-11(8-16)13-15-10(3)12(18-13)4-5-14/h9,11H,4-8,14H2,1-3H3. The Kier molecular flexibility index (Phi) is 4.72. The van der Waals surface area contributed by atoms with Crippen molar-refractivity contribution in [3.8, 4) is 0 Å². The molecule has 0 aliphatic carbocycles. The largest absolute Gasteiger partial charge is 0.368 e. The zero-order valence-corrected chi connectivity index (χ0v) is 12.3. The summed E-state index contributed by atoms with van der Waals surface area (Å²) in [5.74, 6) is 0. The second kappa shape index (κ2) is 6.10. The minimum atomic E-state index is 0.136. The maximum Gasteiger partial charge on any atom is 0.123 e. The number of nitrogens with two attached hydrogens (primary N) is 1. The SMILES string of the molecule is Cc1nc(C2CN(C(C)C)CCO2)sc1CCN. The third-order valence-corrected chi connectivity index (χ3v) is 4.69. The monoisotopic (exact) mass is 269 g/mol. The van der Waals surface area contributed by atoms with Gasteiger partial charge in [0.05, 0.1) is 12.3 Å². The Hall–Kier alpha value is -0.490. The fourth-order valence-electron chi connectivity index (χ4n) is 2.24. The van der Waals surface area contributed by atoms with Gasteiger partial charge < -0.3 is 10.5 Å². The van der Waals surface area contributed by atoms with E-state index >= 15 is 0 Å². The van der Waals surface area contributed by atoms with Crippen LogP contribution >= 0.6 is 11.3 Å². The number of ether oxygens (including phenoxy) is 1. The van der Waals surface area contributed by atoms with Gasteiger partial charge in [0.2, 0.25) is 0 Å². The summed E-state index contributed by atoms with van der Waals surface area (Å²) >= 11 is 1.76. The van der Waals surface area contributed by atoms with Crippen molar-refractivity contribution in [3.63, 3.8) is 0 Å². The van der Waals surface area contributed by atoms with Crippen molar-refractivity contribution < 1.29 is 4.74 Å². The Labute approximate surface area is 113 Å². The molecule has 1 fully saturated rings. The molecule has 18 heavy (non-hydrogen) atoms. The Morgan fingerprint density at radius 3 is 3.00 bits per heavy atom. The van der Waals surface area contributed by atoms with Crippen LogP contribution in [0.15, 0.2) is 0 Å². The minimum Gasteiger partial charge on any atom is -0.368 e. The van der Waals surface area contributed by atoms with Gasteiger partial charge in [-0.2, -0.15) is 0 Å². The van der Waals surface area contributed by atoms with Gasteiger partial charge in [-0.25, -0.2) is 4.98 Å². The third-order valence-electron chi connectivity index (χ3n) is 3.38. The average Bonchev–Trinajstić information content (AvgIpc) is 2.72. The van der Waals surface area contributed by atoms with Gasteiger partial charge in [0.1, 0.15) is 11.1 Å². The molecule has 1 saturated heterocycles. The maximum atomic E-state index is 5.87. The second-order valence-electron chi connectivity index (χ2n) is 5.05. The van der Waals surface area contributed by atoms with Crippen LogP contribution in [0, 0.1) is 6.92 Å². The highest BCUT2D eigenvalue weighted by molar-refractivity contribution is 7.11. The number of aromatic nitrogens is 1. The van der Waals surface area contributed by atoms with Crippen LogP contribution in [0.1, 0.15) is 35.5 Å². The van der Waals surface area contributed by atoms with Gasteiger partial charge in [0.25, 0.3) is 0 Å². The summed E-state index contributed by atoms with van der Waals surface area (Å²) in [5, 5.41) is 1.11. The number of rotatable bonds is 4. The van der Waals surface area contributed by atoms with Crippen molar-refractivity contribution in [2.75, 3.05) is 26.2 Å². The molecular weight excluding hydrogens is 246 g/mol. The number of aryl methyl sites for hydroxylation is 1. The van der Waals surface area contributed by atoms with E-state index in [1.807, 2.05) is 0 Å². The predicted molar refractivity (Wildman–Crippen MR) is 75.0 cm³/mol.